The van der Waals surface area contributed by atoms with Crippen LogP contribution in [0.2, 0.25) is 0 Å². The molecule has 2 rings (SSSR count). The molecule has 0 aromatic heterocycles. The number of benzene rings is 1. The van der Waals surface area contributed by atoms with E-state index in [1.165, 1.54) is 0 Å². The topological polar surface area (TPSA) is 78.4 Å². The lowest BCUT2D eigenvalue weighted by atomic mass is 10.1. The minimum atomic E-state index is -0.183. The molecular weight excluding hydrogens is 256 g/mol. The summed E-state index contributed by atoms with van der Waals surface area (Å²) in [5.41, 5.74) is 1.02. The molecule has 3 N–H and O–H groups in total. The van der Waals surface area contributed by atoms with E-state index < -0.39 is 0 Å². The lowest BCUT2D eigenvalue weighted by Crippen LogP contribution is -2.31. The third-order valence-electron chi connectivity index (χ3n) is 3.65. The van der Waals surface area contributed by atoms with Crippen LogP contribution in [0.25, 0.3) is 0 Å². The number of aliphatic hydroxyl groups is 1. The van der Waals surface area contributed by atoms with Crippen LogP contribution in [0.3, 0.4) is 0 Å². The van der Waals surface area contributed by atoms with Crippen molar-refractivity contribution in [2.45, 2.75) is 26.2 Å². The molecule has 5 heteroatoms. The zero-order valence-corrected chi connectivity index (χ0v) is 11.6. The van der Waals surface area contributed by atoms with E-state index >= 15 is 0 Å². The monoisotopic (exact) mass is 276 g/mol. The highest BCUT2D eigenvalue weighted by atomic mass is 16.3. The number of amides is 2. The minimum absolute atomic E-state index is 0.0835. The number of rotatable bonds is 6. The number of aliphatic hydroxyl groups excluding tert-OH is 1. The van der Waals surface area contributed by atoms with E-state index in [-0.39, 0.29) is 23.8 Å². The van der Waals surface area contributed by atoms with Crippen molar-refractivity contribution in [1.82, 2.24) is 5.32 Å². The number of hydrogen-bond donors (Lipinski definition) is 3. The number of nitrogens with one attached hydrogen (secondary N) is 2. The molecule has 5 nitrogen and oxygen atoms in total. The maximum absolute atomic E-state index is 12.0. The summed E-state index contributed by atoms with van der Waals surface area (Å²) in [6, 6.07) is 6.84. The van der Waals surface area contributed by atoms with Gasteiger partial charge in [-0.25, -0.2) is 0 Å². The Bertz CT molecular complexity index is 510. The van der Waals surface area contributed by atoms with Gasteiger partial charge in [0.2, 0.25) is 5.91 Å². The van der Waals surface area contributed by atoms with E-state index in [2.05, 4.69) is 10.6 Å². The van der Waals surface area contributed by atoms with Crippen LogP contribution in [-0.4, -0.2) is 30.1 Å². The molecule has 0 saturated heterocycles. The predicted octanol–water partition coefficient (Wildman–Crippen LogP) is 1.54. The van der Waals surface area contributed by atoms with Crippen LogP contribution in [0.15, 0.2) is 24.3 Å². The molecule has 0 spiro atoms. The molecule has 1 aliphatic carbocycles. The standard InChI is InChI=1S/C15H20N2O3/c1-2-13(19)17-12-5-3-4-11(8-12)14(20)16-9-15(10-18)6-7-15/h3-5,8,18H,2,6-7,9-10H2,1H3,(H,16,20)(H,17,19). The summed E-state index contributed by atoms with van der Waals surface area (Å²) in [5.74, 6) is -0.267. The number of carbonyl (C=O) groups is 2. The Morgan fingerprint density at radius 3 is 2.70 bits per heavy atom. The summed E-state index contributed by atoms with van der Waals surface area (Å²) in [5, 5.41) is 14.8. The fourth-order valence-electron chi connectivity index (χ4n) is 1.92. The second-order valence-corrected chi connectivity index (χ2v) is 5.32. The smallest absolute Gasteiger partial charge is 0.251 e. The lowest BCUT2D eigenvalue weighted by Gasteiger charge is -2.13. The van der Waals surface area contributed by atoms with Crippen molar-refractivity contribution in [1.29, 1.82) is 0 Å². The molecule has 20 heavy (non-hydrogen) atoms. The van der Waals surface area contributed by atoms with Gasteiger partial charge in [-0.1, -0.05) is 13.0 Å². The van der Waals surface area contributed by atoms with E-state index in [1.807, 2.05) is 0 Å². The van der Waals surface area contributed by atoms with Crippen LogP contribution in [0, 0.1) is 5.41 Å². The minimum Gasteiger partial charge on any atom is -0.396 e. The molecule has 1 fully saturated rings. The Morgan fingerprint density at radius 1 is 1.35 bits per heavy atom. The Morgan fingerprint density at radius 2 is 2.10 bits per heavy atom. The van der Waals surface area contributed by atoms with Gasteiger partial charge in [-0.2, -0.15) is 0 Å². The van der Waals surface area contributed by atoms with Crippen molar-refractivity contribution in [3.05, 3.63) is 29.8 Å². The van der Waals surface area contributed by atoms with Crippen molar-refractivity contribution in [2.75, 3.05) is 18.5 Å². The van der Waals surface area contributed by atoms with Gasteiger partial charge in [0.05, 0.1) is 6.61 Å². The van der Waals surface area contributed by atoms with Crippen LogP contribution < -0.4 is 10.6 Å². The summed E-state index contributed by atoms with van der Waals surface area (Å²) in [6.07, 6.45) is 2.31. The van der Waals surface area contributed by atoms with Crippen LogP contribution >= 0.6 is 0 Å². The first-order chi connectivity index (χ1) is 9.58. The summed E-state index contributed by atoms with van der Waals surface area (Å²) >= 11 is 0. The fraction of sp³-hybridized carbons (Fsp3) is 0.467. The van der Waals surface area contributed by atoms with Crippen molar-refractivity contribution in [2.24, 2.45) is 5.41 Å². The molecule has 0 atom stereocenters. The molecule has 108 valence electrons. The third-order valence-corrected chi connectivity index (χ3v) is 3.65. The van der Waals surface area contributed by atoms with E-state index in [0.717, 1.165) is 12.8 Å². The number of anilines is 1. The van der Waals surface area contributed by atoms with Gasteiger partial charge in [-0.3, -0.25) is 9.59 Å². The Labute approximate surface area is 118 Å². The quantitative estimate of drug-likeness (QED) is 0.737. The zero-order valence-electron chi connectivity index (χ0n) is 11.6. The van der Waals surface area contributed by atoms with Crippen molar-refractivity contribution < 1.29 is 14.7 Å². The Balaban J connectivity index is 1.95. The summed E-state index contributed by atoms with van der Waals surface area (Å²) in [4.78, 5) is 23.4. The molecule has 1 aromatic carbocycles. The Hall–Kier alpha value is -1.88. The van der Waals surface area contributed by atoms with Crippen LogP contribution in [-0.2, 0) is 4.79 Å². The van der Waals surface area contributed by atoms with Crippen molar-refractivity contribution >= 4 is 17.5 Å². The normalized spacial score (nSPS) is 15.5. The maximum atomic E-state index is 12.0. The van der Waals surface area contributed by atoms with E-state index in [9.17, 15) is 14.7 Å². The zero-order chi connectivity index (χ0) is 14.6. The molecule has 0 heterocycles. The SMILES string of the molecule is CCC(=O)Nc1cccc(C(=O)NCC2(CO)CC2)c1. The molecule has 2 amide bonds. The maximum Gasteiger partial charge on any atom is 0.251 e. The average Bonchev–Trinajstić information content (AvgIpc) is 3.25. The molecule has 0 radical (unpaired) electrons. The summed E-state index contributed by atoms with van der Waals surface area (Å²) in [7, 11) is 0. The highest BCUT2D eigenvalue weighted by Gasteiger charge is 2.42. The second kappa shape index (κ2) is 6.05. The van der Waals surface area contributed by atoms with E-state index in [4.69, 9.17) is 0 Å². The number of carbonyl (C=O) groups excluding carboxylic acids is 2. The number of hydrogen-bond acceptors (Lipinski definition) is 3. The molecule has 1 aliphatic rings. The molecule has 1 saturated carbocycles. The largest absolute Gasteiger partial charge is 0.396 e. The van der Waals surface area contributed by atoms with Gasteiger partial charge in [-0.15, -0.1) is 0 Å². The van der Waals surface area contributed by atoms with Gasteiger partial charge >= 0.3 is 0 Å². The Kier molecular flexibility index (Phi) is 4.39. The van der Waals surface area contributed by atoms with Crippen LogP contribution in [0.1, 0.15) is 36.5 Å². The van der Waals surface area contributed by atoms with Crippen LogP contribution in [0.4, 0.5) is 5.69 Å². The van der Waals surface area contributed by atoms with E-state index in [0.29, 0.717) is 24.2 Å². The third kappa shape index (κ3) is 3.57. The van der Waals surface area contributed by atoms with Gasteiger partial charge in [0, 0.05) is 29.6 Å². The van der Waals surface area contributed by atoms with Crippen molar-refractivity contribution in [3.63, 3.8) is 0 Å². The molecule has 0 bridgehead atoms. The highest BCUT2D eigenvalue weighted by Crippen LogP contribution is 2.44. The second-order valence-electron chi connectivity index (χ2n) is 5.32. The van der Waals surface area contributed by atoms with Gasteiger partial charge in [0.1, 0.15) is 0 Å². The predicted molar refractivity (Wildman–Crippen MR) is 76.4 cm³/mol. The lowest BCUT2D eigenvalue weighted by molar-refractivity contribution is -0.115. The van der Waals surface area contributed by atoms with Gasteiger partial charge in [0.25, 0.3) is 5.91 Å². The molecular formula is C15H20N2O3. The highest BCUT2D eigenvalue weighted by molar-refractivity contribution is 5.97. The van der Waals surface area contributed by atoms with Gasteiger partial charge < -0.3 is 15.7 Å². The summed E-state index contributed by atoms with van der Waals surface area (Å²) in [6.45, 7) is 2.38. The fourth-order valence-corrected chi connectivity index (χ4v) is 1.92. The van der Waals surface area contributed by atoms with Gasteiger partial charge in [0.15, 0.2) is 0 Å². The average molecular weight is 276 g/mol. The first kappa shape index (κ1) is 14.5. The first-order valence-corrected chi connectivity index (χ1v) is 6.87. The first-order valence-electron chi connectivity index (χ1n) is 6.87. The van der Waals surface area contributed by atoms with Crippen molar-refractivity contribution in [3.8, 4) is 0 Å². The molecule has 0 aliphatic heterocycles. The molecule has 0 unspecified atom stereocenters. The molecule has 1 aromatic rings. The van der Waals surface area contributed by atoms with E-state index in [1.54, 1.807) is 31.2 Å². The summed E-state index contributed by atoms with van der Waals surface area (Å²) < 4.78 is 0. The van der Waals surface area contributed by atoms with Gasteiger partial charge in [-0.05, 0) is 31.0 Å². The van der Waals surface area contributed by atoms with Crippen LogP contribution in [0.5, 0.6) is 0 Å².